The second-order valence-corrected chi connectivity index (χ2v) is 4.77. The van der Waals surface area contributed by atoms with Crippen molar-refractivity contribution in [3.05, 3.63) is 39.9 Å². The van der Waals surface area contributed by atoms with E-state index in [1.165, 1.54) is 6.07 Å². The Morgan fingerprint density at radius 1 is 1.39 bits per heavy atom. The maximum Gasteiger partial charge on any atom is 0.269 e. The fourth-order valence-corrected chi connectivity index (χ4v) is 1.78. The fourth-order valence-electron chi connectivity index (χ4n) is 1.78. The van der Waals surface area contributed by atoms with Crippen molar-refractivity contribution in [3.63, 3.8) is 0 Å². The molecule has 0 spiro atoms. The van der Waals surface area contributed by atoms with Crippen molar-refractivity contribution in [1.29, 1.82) is 0 Å². The van der Waals surface area contributed by atoms with Crippen LogP contribution in [0.25, 0.3) is 0 Å². The van der Waals surface area contributed by atoms with Crippen LogP contribution in [0.4, 0.5) is 5.69 Å². The maximum atomic E-state index is 10.7. The van der Waals surface area contributed by atoms with E-state index in [2.05, 4.69) is 5.32 Å². The van der Waals surface area contributed by atoms with Gasteiger partial charge in [-0.05, 0) is 18.4 Å². The van der Waals surface area contributed by atoms with Gasteiger partial charge < -0.3 is 10.4 Å². The molecule has 0 saturated heterocycles. The van der Waals surface area contributed by atoms with Crippen LogP contribution in [0.2, 0.25) is 0 Å². The van der Waals surface area contributed by atoms with Crippen LogP contribution in [0.1, 0.15) is 32.4 Å². The molecule has 2 atom stereocenters. The highest BCUT2D eigenvalue weighted by molar-refractivity contribution is 5.35. The Hall–Kier alpha value is -1.46. The topological polar surface area (TPSA) is 75.4 Å². The SMILES string of the molecule is CC(NC(CO)C(C)C)c1cccc([N+](=O)[O-])c1. The Labute approximate surface area is 107 Å². The normalized spacial score (nSPS) is 14.5. The summed E-state index contributed by atoms with van der Waals surface area (Å²) in [5.41, 5.74) is 0.939. The first-order valence-corrected chi connectivity index (χ1v) is 6.07. The van der Waals surface area contributed by atoms with Gasteiger partial charge in [0.15, 0.2) is 0 Å². The highest BCUT2D eigenvalue weighted by Crippen LogP contribution is 2.20. The van der Waals surface area contributed by atoms with Crippen LogP contribution in [0.5, 0.6) is 0 Å². The van der Waals surface area contributed by atoms with Crippen molar-refractivity contribution in [2.45, 2.75) is 32.9 Å². The molecule has 1 rings (SSSR count). The summed E-state index contributed by atoms with van der Waals surface area (Å²) in [6.45, 7) is 6.03. The molecule has 0 amide bonds. The van der Waals surface area contributed by atoms with Gasteiger partial charge in [0, 0.05) is 24.2 Å². The van der Waals surface area contributed by atoms with Crippen LogP contribution in [0, 0.1) is 16.0 Å². The largest absolute Gasteiger partial charge is 0.395 e. The van der Waals surface area contributed by atoms with Crippen LogP contribution in [0.3, 0.4) is 0 Å². The van der Waals surface area contributed by atoms with Crippen molar-refractivity contribution in [2.24, 2.45) is 5.92 Å². The molecule has 0 aliphatic heterocycles. The second-order valence-electron chi connectivity index (χ2n) is 4.77. The summed E-state index contributed by atoms with van der Waals surface area (Å²) in [5.74, 6) is 0.302. The fraction of sp³-hybridized carbons (Fsp3) is 0.538. The second kappa shape index (κ2) is 6.47. The molecule has 0 heterocycles. The molecule has 0 aliphatic carbocycles. The predicted molar refractivity (Wildman–Crippen MR) is 70.4 cm³/mol. The van der Waals surface area contributed by atoms with E-state index in [1.54, 1.807) is 12.1 Å². The van der Waals surface area contributed by atoms with E-state index in [0.717, 1.165) is 5.56 Å². The van der Waals surface area contributed by atoms with Gasteiger partial charge in [-0.15, -0.1) is 0 Å². The van der Waals surface area contributed by atoms with E-state index in [0.29, 0.717) is 5.92 Å². The zero-order valence-electron chi connectivity index (χ0n) is 11.0. The lowest BCUT2D eigenvalue weighted by atomic mass is 10.0. The summed E-state index contributed by atoms with van der Waals surface area (Å²) in [6.07, 6.45) is 0. The molecule has 0 aromatic heterocycles. The van der Waals surface area contributed by atoms with Crippen molar-refractivity contribution in [3.8, 4) is 0 Å². The molecule has 2 unspecified atom stereocenters. The third kappa shape index (κ3) is 3.78. The molecule has 0 bridgehead atoms. The quantitative estimate of drug-likeness (QED) is 0.601. The minimum absolute atomic E-state index is 0.0146. The van der Waals surface area contributed by atoms with Gasteiger partial charge in [0.1, 0.15) is 0 Å². The lowest BCUT2D eigenvalue weighted by Gasteiger charge is -2.24. The molecule has 100 valence electrons. The highest BCUT2D eigenvalue weighted by atomic mass is 16.6. The Morgan fingerprint density at radius 3 is 2.56 bits per heavy atom. The Balaban J connectivity index is 2.80. The van der Waals surface area contributed by atoms with Gasteiger partial charge in [-0.3, -0.25) is 10.1 Å². The van der Waals surface area contributed by atoms with Crippen LogP contribution >= 0.6 is 0 Å². The summed E-state index contributed by atoms with van der Waals surface area (Å²) in [5, 5.41) is 23.2. The van der Waals surface area contributed by atoms with Crippen molar-refractivity contribution in [1.82, 2.24) is 5.32 Å². The first-order chi connectivity index (χ1) is 8.45. The number of aliphatic hydroxyl groups excluding tert-OH is 1. The number of hydrogen-bond donors (Lipinski definition) is 2. The lowest BCUT2D eigenvalue weighted by Crippen LogP contribution is -2.38. The van der Waals surface area contributed by atoms with Crippen LogP contribution in [0.15, 0.2) is 24.3 Å². The molecular weight excluding hydrogens is 232 g/mol. The minimum atomic E-state index is -0.401. The van der Waals surface area contributed by atoms with E-state index < -0.39 is 4.92 Å². The van der Waals surface area contributed by atoms with E-state index in [1.807, 2.05) is 26.8 Å². The third-order valence-corrected chi connectivity index (χ3v) is 3.05. The Bertz CT molecular complexity index is 407. The van der Waals surface area contributed by atoms with E-state index in [-0.39, 0.29) is 24.4 Å². The number of nitro benzene ring substituents is 1. The Morgan fingerprint density at radius 2 is 2.06 bits per heavy atom. The standard InChI is InChI=1S/C13H20N2O3/c1-9(2)13(8-16)14-10(3)11-5-4-6-12(7-11)15(17)18/h4-7,9-10,13-14,16H,8H2,1-3H3. The summed E-state index contributed by atoms with van der Waals surface area (Å²) < 4.78 is 0. The number of nitro groups is 1. The first kappa shape index (κ1) is 14.6. The van der Waals surface area contributed by atoms with Gasteiger partial charge in [0.05, 0.1) is 11.5 Å². The first-order valence-electron chi connectivity index (χ1n) is 6.07. The summed E-state index contributed by atoms with van der Waals surface area (Å²) in [6, 6.07) is 6.51. The number of rotatable bonds is 6. The van der Waals surface area contributed by atoms with E-state index >= 15 is 0 Å². The smallest absolute Gasteiger partial charge is 0.269 e. The highest BCUT2D eigenvalue weighted by Gasteiger charge is 2.17. The van der Waals surface area contributed by atoms with Gasteiger partial charge in [0.25, 0.3) is 5.69 Å². The number of non-ortho nitro benzene ring substituents is 1. The number of hydrogen-bond acceptors (Lipinski definition) is 4. The van der Waals surface area contributed by atoms with E-state index in [4.69, 9.17) is 0 Å². The molecule has 18 heavy (non-hydrogen) atoms. The van der Waals surface area contributed by atoms with Crippen molar-refractivity contribution in [2.75, 3.05) is 6.61 Å². The molecule has 1 aromatic rings. The van der Waals surface area contributed by atoms with Crippen molar-refractivity contribution < 1.29 is 10.0 Å². The van der Waals surface area contributed by atoms with Gasteiger partial charge in [-0.2, -0.15) is 0 Å². The molecule has 1 aromatic carbocycles. The van der Waals surface area contributed by atoms with Gasteiger partial charge in [-0.1, -0.05) is 26.0 Å². The van der Waals surface area contributed by atoms with Crippen LogP contribution in [-0.4, -0.2) is 22.7 Å². The Kier molecular flexibility index (Phi) is 5.25. The number of benzene rings is 1. The molecule has 5 nitrogen and oxygen atoms in total. The number of aliphatic hydroxyl groups is 1. The zero-order chi connectivity index (χ0) is 13.7. The molecule has 0 radical (unpaired) electrons. The summed E-state index contributed by atoms with van der Waals surface area (Å²) in [7, 11) is 0. The maximum absolute atomic E-state index is 10.7. The van der Waals surface area contributed by atoms with Crippen molar-refractivity contribution >= 4 is 5.69 Å². The molecule has 2 N–H and O–H groups in total. The third-order valence-electron chi connectivity index (χ3n) is 3.05. The van der Waals surface area contributed by atoms with Gasteiger partial charge >= 0.3 is 0 Å². The number of nitrogens with one attached hydrogen (secondary N) is 1. The van der Waals surface area contributed by atoms with Gasteiger partial charge in [0.2, 0.25) is 0 Å². The van der Waals surface area contributed by atoms with Crippen LogP contribution in [-0.2, 0) is 0 Å². The summed E-state index contributed by atoms with van der Waals surface area (Å²) in [4.78, 5) is 10.3. The summed E-state index contributed by atoms with van der Waals surface area (Å²) >= 11 is 0. The lowest BCUT2D eigenvalue weighted by molar-refractivity contribution is -0.384. The zero-order valence-corrected chi connectivity index (χ0v) is 11.0. The van der Waals surface area contributed by atoms with E-state index in [9.17, 15) is 15.2 Å². The predicted octanol–water partition coefficient (Wildman–Crippen LogP) is 2.26. The minimum Gasteiger partial charge on any atom is -0.395 e. The van der Waals surface area contributed by atoms with Crippen LogP contribution < -0.4 is 5.32 Å². The molecule has 5 heteroatoms. The van der Waals surface area contributed by atoms with Gasteiger partial charge in [-0.25, -0.2) is 0 Å². The average Bonchev–Trinajstić information content (AvgIpc) is 2.35. The molecule has 0 fully saturated rings. The number of nitrogens with zero attached hydrogens (tertiary/aromatic N) is 1. The molecule has 0 aliphatic rings. The molecule has 0 saturated carbocycles. The molecular formula is C13H20N2O3. The monoisotopic (exact) mass is 252 g/mol. The average molecular weight is 252 g/mol.